The molecule has 2 aliphatic rings. The smallest absolute Gasteiger partial charge is 0.0682 e. The molecule has 104 valence electrons. The van der Waals surface area contributed by atoms with Crippen LogP contribution in [0.1, 0.15) is 18.9 Å². The third-order valence-electron chi connectivity index (χ3n) is 4.40. The van der Waals surface area contributed by atoms with Crippen molar-refractivity contribution in [2.24, 2.45) is 0 Å². The maximum Gasteiger partial charge on any atom is 0.0682 e. The van der Waals surface area contributed by atoms with E-state index in [0.29, 0.717) is 12.1 Å². The second kappa shape index (κ2) is 5.41. The zero-order valence-electron chi connectivity index (χ0n) is 11.3. The summed E-state index contributed by atoms with van der Waals surface area (Å²) in [6.07, 6.45) is 0.767. The van der Waals surface area contributed by atoms with Gasteiger partial charge in [-0.05, 0) is 25.0 Å². The molecule has 3 nitrogen and oxygen atoms in total. The van der Waals surface area contributed by atoms with Gasteiger partial charge in [0.1, 0.15) is 0 Å². The van der Waals surface area contributed by atoms with E-state index >= 15 is 0 Å². The third kappa shape index (κ3) is 2.79. The number of hydrogen-bond donors (Lipinski definition) is 1. The molecule has 0 aromatic heterocycles. The fourth-order valence-electron chi connectivity index (χ4n) is 3.34. The summed E-state index contributed by atoms with van der Waals surface area (Å²) in [5, 5.41) is 10.6. The van der Waals surface area contributed by atoms with Crippen LogP contribution in [0.4, 0.5) is 0 Å². The molecule has 0 amide bonds. The van der Waals surface area contributed by atoms with Crippen LogP contribution >= 0.6 is 11.6 Å². The molecule has 2 heterocycles. The lowest BCUT2D eigenvalue weighted by molar-refractivity contribution is 0.0529. The summed E-state index contributed by atoms with van der Waals surface area (Å²) in [5.74, 6) is 0. The van der Waals surface area contributed by atoms with Gasteiger partial charge in [-0.15, -0.1) is 0 Å². The van der Waals surface area contributed by atoms with Crippen LogP contribution in [-0.2, 0) is 6.54 Å². The van der Waals surface area contributed by atoms with Crippen LogP contribution in [0.5, 0.6) is 0 Å². The van der Waals surface area contributed by atoms with Crippen molar-refractivity contribution in [2.45, 2.75) is 38.1 Å². The molecular weight excluding hydrogens is 260 g/mol. The Morgan fingerprint density at radius 3 is 2.84 bits per heavy atom. The van der Waals surface area contributed by atoms with Gasteiger partial charge < -0.3 is 5.11 Å². The van der Waals surface area contributed by atoms with Crippen molar-refractivity contribution in [3.8, 4) is 0 Å². The van der Waals surface area contributed by atoms with Crippen LogP contribution in [0.25, 0.3) is 0 Å². The number of benzene rings is 1. The highest BCUT2D eigenvalue weighted by atomic mass is 35.5. The Kier molecular flexibility index (Phi) is 3.81. The standard InChI is InChI=1S/C15H21ClN2O/c1-11-7-18-10-14(19)6-13(18)9-17(11)8-12-4-2-3-5-15(12)16/h2-5,11,13-14,19H,6-10H2,1H3/t11-,13+,14+/m0/s1. The topological polar surface area (TPSA) is 26.7 Å². The number of hydrogen-bond acceptors (Lipinski definition) is 3. The van der Waals surface area contributed by atoms with E-state index in [-0.39, 0.29) is 6.10 Å². The van der Waals surface area contributed by atoms with Crippen LogP contribution in [0.3, 0.4) is 0 Å². The van der Waals surface area contributed by atoms with Crippen molar-refractivity contribution in [3.63, 3.8) is 0 Å². The van der Waals surface area contributed by atoms with E-state index in [1.165, 1.54) is 5.56 Å². The number of nitrogens with zero attached hydrogens (tertiary/aromatic N) is 2. The molecular formula is C15H21ClN2O. The predicted molar refractivity (Wildman–Crippen MR) is 77.3 cm³/mol. The average molecular weight is 281 g/mol. The summed E-state index contributed by atoms with van der Waals surface area (Å²) in [6, 6.07) is 9.09. The summed E-state index contributed by atoms with van der Waals surface area (Å²) in [4.78, 5) is 4.92. The molecule has 2 saturated heterocycles. The molecule has 1 aromatic rings. The lowest BCUT2D eigenvalue weighted by Gasteiger charge is -2.42. The number of halogens is 1. The van der Waals surface area contributed by atoms with Crippen LogP contribution in [0.2, 0.25) is 5.02 Å². The largest absolute Gasteiger partial charge is 0.392 e. The Balaban J connectivity index is 1.70. The van der Waals surface area contributed by atoms with Crippen molar-refractivity contribution >= 4 is 11.6 Å². The summed E-state index contributed by atoms with van der Waals surface area (Å²) < 4.78 is 0. The third-order valence-corrected chi connectivity index (χ3v) is 4.77. The van der Waals surface area contributed by atoms with Gasteiger partial charge in [0.15, 0.2) is 0 Å². The van der Waals surface area contributed by atoms with Crippen LogP contribution < -0.4 is 0 Å². The lowest BCUT2D eigenvalue weighted by Crippen LogP contribution is -2.54. The van der Waals surface area contributed by atoms with Gasteiger partial charge in [-0.2, -0.15) is 0 Å². The molecule has 1 N–H and O–H groups in total. The van der Waals surface area contributed by atoms with Gasteiger partial charge in [-0.3, -0.25) is 9.80 Å². The number of aliphatic hydroxyl groups is 1. The highest BCUT2D eigenvalue weighted by Crippen LogP contribution is 2.27. The zero-order chi connectivity index (χ0) is 13.4. The van der Waals surface area contributed by atoms with Gasteiger partial charge in [0, 0.05) is 43.3 Å². The van der Waals surface area contributed by atoms with E-state index in [1.54, 1.807) is 0 Å². The molecule has 0 bridgehead atoms. The number of piperazine rings is 1. The minimum absolute atomic E-state index is 0.141. The van der Waals surface area contributed by atoms with Gasteiger partial charge in [0.05, 0.1) is 6.10 Å². The fraction of sp³-hybridized carbons (Fsp3) is 0.600. The van der Waals surface area contributed by atoms with Crippen molar-refractivity contribution in [2.75, 3.05) is 19.6 Å². The van der Waals surface area contributed by atoms with Gasteiger partial charge in [0.2, 0.25) is 0 Å². The second-order valence-electron chi connectivity index (χ2n) is 5.87. The first-order valence-corrected chi connectivity index (χ1v) is 7.41. The minimum atomic E-state index is -0.141. The van der Waals surface area contributed by atoms with Crippen molar-refractivity contribution in [1.82, 2.24) is 9.80 Å². The molecule has 19 heavy (non-hydrogen) atoms. The van der Waals surface area contributed by atoms with E-state index in [2.05, 4.69) is 22.8 Å². The molecule has 2 fully saturated rings. The van der Waals surface area contributed by atoms with Crippen molar-refractivity contribution in [3.05, 3.63) is 34.9 Å². The molecule has 4 heteroatoms. The molecule has 1 aromatic carbocycles. The second-order valence-corrected chi connectivity index (χ2v) is 6.27. The summed E-state index contributed by atoms with van der Waals surface area (Å²) in [5.41, 5.74) is 1.20. The van der Waals surface area contributed by atoms with Crippen LogP contribution in [0, 0.1) is 0 Å². The molecule has 0 aliphatic carbocycles. The molecule has 3 atom stereocenters. The first-order chi connectivity index (χ1) is 9.13. The maximum absolute atomic E-state index is 9.79. The Labute approximate surface area is 119 Å². The summed E-state index contributed by atoms with van der Waals surface area (Å²) in [7, 11) is 0. The van der Waals surface area contributed by atoms with Crippen LogP contribution in [-0.4, -0.2) is 52.7 Å². The van der Waals surface area contributed by atoms with E-state index in [1.807, 2.05) is 18.2 Å². The van der Waals surface area contributed by atoms with Crippen LogP contribution in [0.15, 0.2) is 24.3 Å². The fourth-order valence-corrected chi connectivity index (χ4v) is 3.54. The monoisotopic (exact) mass is 280 g/mol. The number of rotatable bonds is 2. The quantitative estimate of drug-likeness (QED) is 0.897. The lowest BCUT2D eigenvalue weighted by atomic mass is 10.1. The van der Waals surface area contributed by atoms with E-state index in [4.69, 9.17) is 11.6 Å². The molecule has 0 unspecified atom stereocenters. The SMILES string of the molecule is C[C@H]1CN2C[C@H](O)C[C@@H]2CN1Cc1ccccc1Cl. The van der Waals surface area contributed by atoms with E-state index < -0.39 is 0 Å². The molecule has 2 aliphatic heterocycles. The van der Waals surface area contributed by atoms with Crippen molar-refractivity contribution < 1.29 is 5.11 Å². The van der Waals surface area contributed by atoms with Gasteiger partial charge in [0.25, 0.3) is 0 Å². The van der Waals surface area contributed by atoms with Crippen molar-refractivity contribution in [1.29, 1.82) is 0 Å². The Bertz CT molecular complexity index is 454. The summed E-state index contributed by atoms with van der Waals surface area (Å²) in [6.45, 7) is 6.09. The maximum atomic E-state index is 9.79. The number of aliphatic hydroxyl groups excluding tert-OH is 1. The zero-order valence-corrected chi connectivity index (χ0v) is 12.1. The Morgan fingerprint density at radius 1 is 1.26 bits per heavy atom. The first-order valence-electron chi connectivity index (χ1n) is 7.03. The van der Waals surface area contributed by atoms with Gasteiger partial charge in [-0.1, -0.05) is 29.8 Å². The van der Waals surface area contributed by atoms with E-state index in [9.17, 15) is 5.11 Å². The highest BCUT2D eigenvalue weighted by molar-refractivity contribution is 6.31. The molecule has 3 rings (SSSR count). The Hall–Kier alpha value is -0.610. The summed E-state index contributed by atoms with van der Waals surface area (Å²) >= 11 is 6.25. The van der Waals surface area contributed by atoms with Gasteiger partial charge >= 0.3 is 0 Å². The number of fused-ring (bicyclic) bond motifs is 1. The highest BCUT2D eigenvalue weighted by Gasteiger charge is 2.38. The van der Waals surface area contributed by atoms with E-state index in [0.717, 1.165) is 37.6 Å². The predicted octanol–water partition coefficient (Wildman–Crippen LogP) is 1.98. The first kappa shape index (κ1) is 13.4. The normalized spacial score (nSPS) is 32.5. The average Bonchev–Trinajstić information content (AvgIpc) is 2.71. The Morgan fingerprint density at radius 2 is 2.05 bits per heavy atom. The molecule has 0 spiro atoms. The van der Waals surface area contributed by atoms with Gasteiger partial charge in [-0.25, -0.2) is 0 Å². The minimum Gasteiger partial charge on any atom is -0.392 e. The molecule has 0 saturated carbocycles. The molecule has 0 radical (unpaired) electrons.